The third-order valence-electron chi connectivity index (χ3n) is 7.07. The van der Waals surface area contributed by atoms with E-state index in [9.17, 15) is 14.4 Å². The molecule has 1 N–H and O–H groups in total. The van der Waals surface area contributed by atoms with E-state index in [-0.39, 0.29) is 32.0 Å². The zero-order valence-corrected chi connectivity index (χ0v) is 22.9. The summed E-state index contributed by atoms with van der Waals surface area (Å²) in [5, 5.41) is 2.76. The Bertz CT molecular complexity index is 1400. The average Bonchev–Trinajstić information content (AvgIpc) is 3.22. The summed E-state index contributed by atoms with van der Waals surface area (Å²) in [5.74, 6) is -1.18. The number of fused-ring (bicyclic) bond motifs is 3. The van der Waals surface area contributed by atoms with E-state index in [1.807, 2.05) is 66.7 Å². The van der Waals surface area contributed by atoms with Gasteiger partial charge in [0.05, 0.1) is 0 Å². The number of hydrogen-bond acceptors (Lipinski definition) is 6. The minimum atomic E-state index is -1.33. The molecule has 40 heavy (non-hydrogen) atoms. The van der Waals surface area contributed by atoms with Gasteiger partial charge in [-0.3, -0.25) is 0 Å². The second-order valence-electron chi connectivity index (χ2n) is 11.3. The normalized spacial score (nSPS) is 17.6. The molecule has 0 spiro atoms. The second kappa shape index (κ2) is 11.0. The number of hydrogen-bond donors (Lipinski definition) is 1. The summed E-state index contributed by atoms with van der Waals surface area (Å²) < 4.78 is 16.7. The first kappa shape index (κ1) is 27.2. The molecule has 0 atom stereocenters. The van der Waals surface area contributed by atoms with Crippen molar-refractivity contribution in [3.8, 4) is 11.1 Å². The number of alkyl carbamates (subject to hydrolysis) is 1. The third kappa shape index (κ3) is 5.93. The van der Waals surface area contributed by atoms with Crippen molar-refractivity contribution in [1.29, 1.82) is 0 Å². The molecule has 0 aromatic heterocycles. The number of carbonyl (C=O) groups is 3. The van der Waals surface area contributed by atoms with Crippen LogP contribution in [0.1, 0.15) is 56.2 Å². The predicted molar refractivity (Wildman–Crippen MR) is 150 cm³/mol. The van der Waals surface area contributed by atoms with Gasteiger partial charge in [-0.2, -0.15) is 0 Å². The zero-order chi connectivity index (χ0) is 28.3. The molecule has 0 saturated heterocycles. The topological polar surface area (TPSA) is 90.9 Å². The largest absolute Gasteiger partial charge is 0.459 e. The van der Waals surface area contributed by atoms with Gasteiger partial charge < -0.3 is 19.5 Å². The Kier molecular flexibility index (Phi) is 7.48. The summed E-state index contributed by atoms with van der Waals surface area (Å²) in [6.45, 7) is 5.55. The standard InChI is InChI=1S/C33H33NO6/c1-32(2,3)40-29(35)17-23-18-33(19-23,30(36)38-20-22-11-5-4-6-12-22)34-31(37)39-21-28-26-15-9-7-13-24(26)25-14-8-10-16-27(25)28/h4-17,28H,18-21H2,1-3H3,(H,34,37). The molecule has 0 heterocycles. The molecule has 7 nitrogen and oxygen atoms in total. The number of esters is 2. The molecule has 1 saturated carbocycles. The molecule has 1 fully saturated rings. The van der Waals surface area contributed by atoms with Gasteiger partial charge in [-0.25, -0.2) is 14.4 Å². The first-order valence-electron chi connectivity index (χ1n) is 13.4. The van der Waals surface area contributed by atoms with E-state index in [4.69, 9.17) is 14.2 Å². The summed E-state index contributed by atoms with van der Waals surface area (Å²) >= 11 is 0. The first-order chi connectivity index (χ1) is 19.1. The monoisotopic (exact) mass is 539 g/mol. The fourth-order valence-corrected chi connectivity index (χ4v) is 5.30. The van der Waals surface area contributed by atoms with Crippen LogP contribution in [0.5, 0.6) is 0 Å². The Hall–Kier alpha value is -4.39. The van der Waals surface area contributed by atoms with Crippen LogP contribution in [0, 0.1) is 0 Å². The van der Waals surface area contributed by atoms with Crippen LogP contribution in [0.25, 0.3) is 11.1 Å². The van der Waals surface area contributed by atoms with E-state index in [0.29, 0.717) is 5.57 Å². The van der Waals surface area contributed by atoms with Gasteiger partial charge in [0.15, 0.2) is 0 Å². The highest BCUT2D eigenvalue weighted by molar-refractivity contribution is 5.91. The van der Waals surface area contributed by atoms with Gasteiger partial charge in [-0.15, -0.1) is 0 Å². The fourth-order valence-electron chi connectivity index (χ4n) is 5.30. The Balaban J connectivity index is 1.27. The average molecular weight is 540 g/mol. The first-order valence-corrected chi connectivity index (χ1v) is 13.4. The van der Waals surface area contributed by atoms with Gasteiger partial charge in [-0.1, -0.05) is 84.4 Å². The van der Waals surface area contributed by atoms with Crippen molar-refractivity contribution in [2.45, 2.75) is 57.3 Å². The molecular formula is C33H33NO6. The van der Waals surface area contributed by atoms with Crippen LogP contribution in [0.4, 0.5) is 4.79 Å². The Morgan fingerprint density at radius 1 is 0.850 bits per heavy atom. The van der Waals surface area contributed by atoms with Crippen LogP contribution in [0.15, 0.2) is 90.5 Å². The molecule has 0 aliphatic heterocycles. The van der Waals surface area contributed by atoms with Crippen molar-refractivity contribution in [3.63, 3.8) is 0 Å². The van der Waals surface area contributed by atoms with Gasteiger partial charge >= 0.3 is 18.0 Å². The SMILES string of the molecule is CC(C)(C)OC(=O)C=C1CC(NC(=O)OCC2c3ccccc3-c3ccccc32)(C(=O)OCc2ccccc2)C1. The molecule has 206 valence electrons. The Morgan fingerprint density at radius 3 is 2.02 bits per heavy atom. The summed E-state index contributed by atoms with van der Waals surface area (Å²) in [7, 11) is 0. The minimum absolute atomic E-state index is 0.0684. The molecule has 1 amide bonds. The summed E-state index contributed by atoms with van der Waals surface area (Å²) in [6.07, 6.45) is 0.927. The van der Waals surface area contributed by atoms with Crippen LogP contribution in [-0.4, -0.2) is 35.8 Å². The summed E-state index contributed by atoms with van der Waals surface area (Å²) in [6, 6.07) is 25.5. The second-order valence-corrected chi connectivity index (χ2v) is 11.3. The van der Waals surface area contributed by atoms with Gasteiger partial charge in [0.25, 0.3) is 0 Å². The highest BCUT2D eigenvalue weighted by Gasteiger charge is 2.51. The molecule has 0 radical (unpaired) electrons. The van der Waals surface area contributed by atoms with Crippen LogP contribution in [0.3, 0.4) is 0 Å². The molecular weight excluding hydrogens is 506 g/mol. The van der Waals surface area contributed by atoms with Crippen molar-refractivity contribution in [2.24, 2.45) is 0 Å². The molecule has 2 aliphatic rings. The van der Waals surface area contributed by atoms with Crippen molar-refractivity contribution in [2.75, 3.05) is 6.61 Å². The molecule has 3 aromatic carbocycles. The Morgan fingerprint density at radius 2 is 1.43 bits per heavy atom. The summed E-state index contributed by atoms with van der Waals surface area (Å²) in [4.78, 5) is 38.6. The maximum Gasteiger partial charge on any atom is 0.408 e. The number of rotatable bonds is 7. The third-order valence-corrected chi connectivity index (χ3v) is 7.07. The van der Waals surface area contributed by atoms with Crippen LogP contribution in [-0.2, 0) is 30.4 Å². The minimum Gasteiger partial charge on any atom is -0.459 e. The number of nitrogens with one attached hydrogen (secondary N) is 1. The molecule has 0 unspecified atom stereocenters. The highest BCUT2D eigenvalue weighted by Crippen LogP contribution is 2.44. The fraction of sp³-hybridized carbons (Fsp3) is 0.303. The number of ether oxygens (including phenoxy) is 3. The lowest BCUT2D eigenvalue weighted by atomic mass is 9.72. The smallest absolute Gasteiger partial charge is 0.408 e. The lowest BCUT2D eigenvalue weighted by molar-refractivity contribution is -0.155. The van der Waals surface area contributed by atoms with E-state index < -0.39 is 29.2 Å². The Labute approximate surface area is 234 Å². The van der Waals surface area contributed by atoms with Crippen LogP contribution in [0.2, 0.25) is 0 Å². The van der Waals surface area contributed by atoms with Crippen molar-refractivity contribution in [3.05, 3.63) is 107 Å². The zero-order valence-electron chi connectivity index (χ0n) is 22.9. The molecule has 5 rings (SSSR count). The van der Waals surface area contributed by atoms with Crippen LogP contribution >= 0.6 is 0 Å². The van der Waals surface area contributed by atoms with Gasteiger partial charge in [0.2, 0.25) is 0 Å². The number of benzene rings is 3. The van der Waals surface area contributed by atoms with Gasteiger partial charge in [0.1, 0.15) is 24.4 Å². The van der Waals surface area contributed by atoms with Crippen LogP contribution < -0.4 is 5.32 Å². The van der Waals surface area contributed by atoms with Crippen molar-refractivity contribution < 1.29 is 28.6 Å². The number of amides is 1. The van der Waals surface area contributed by atoms with E-state index in [1.165, 1.54) is 6.08 Å². The van der Waals surface area contributed by atoms with E-state index in [1.54, 1.807) is 20.8 Å². The molecule has 2 aliphatic carbocycles. The lowest BCUT2D eigenvalue weighted by Crippen LogP contribution is -2.61. The van der Waals surface area contributed by atoms with Gasteiger partial charge in [-0.05, 0) is 48.6 Å². The highest BCUT2D eigenvalue weighted by atomic mass is 16.6. The van der Waals surface area contributed by atoms with E-state index >= 15 is 0 Å². The molecule has 7 heteroatoms. The van der Waals surface area contributed by atoms with Crippen molar-refractivity contribution >= 4 is 18.0 Å². The van der Waals surface area contributed by atoms with E-state index in [0.717, 1.165) is 27.8 Å². The molecule has 0 bridgehead atoms. The number of carbonyl (C=O) groups excluding carboxylic acids is 3. The maximum absolute atomic E-state index is 13.3. The maximum atomic E-state index is 13.3. The molecule has 3 aromatic rings. The summed E-state index contributed by atoms with van der Waals surface area (Å²) in [5.41, 5.74) is 4.00. The van der Waals surface area contributed by atoms with E-state index in [2.05, 4.69) is 17.4 Å². The lowest BCUT2D eigenvalue weighted by Gasteiger charge is -2.41. The van der Waals surface area contributed by atoms with Gasteiger partial charge in [0, 0.05) is 24.8 Å². The van der Waals surface area contributed by atoms with Crippen molar-refractivity contribution in [1.82, 2.24) is 5.32 Å². The quantitative estimate of drug-likeness (QED) is 0.223. The predicted octanol–water partition coefficient (Wildman–Crippen LogP) is 6.07.